The minimum absolute atomic E-state index is 0. The highest BCUT2D eigenvalue weighted by molar-refractivity contribution is 7.91. The van der Waals surface area contributed by atoms with E-state index in [2.05, 4.69) is 17.6 Å². The maximum Gasteiger partial charge on any atom is 0.224 e. The number of amides is 1. The molecule has 7 heteroatoms. The second kappa shape index (κ2) is 7.85. The molecule has 2 aliphatic rings. The monoisotopic (exact) mass is 372 g/mol. The summed E-state index contributed by atoms with van der Waals surface area (Å²) in [5.74, 6) is 0.986. The number of carbonyl (C=O) groups excluding carboxylic acids is 1. The van der Waals surface area contributed by atoms with Crippen LogP contribution in [0.3, 0.4) is 0 Å². The van der Waals surface area contributed by atoms with Gasteiger partial charge >= 0.3 is 0 Å². The van der Waals surface area contributed by atoms with Crippen LogP contribution in [0.2, 0.25) is 0 Å². The Labute approximate surface area is 149 Å². The molecule has 5 nitrogen and oxygen atoms in total. The summed E-state index contributed by atoms with van der Waals surface area (Å²) >= 11 is 0. The van der Waals surface area contributed by atoms with Crippen LogP contribution in [0.1, 0.15) is 31.7 Å². The Morgan fingerprint density at radius 3 is 2.92 bits per heavy atom. The second-order valence-corrected chi connectivity index (χ2v) is 8.80. The number of sulfone groups is 1. The van der Waals surface area contributed by atoms with E-state index in [1.54, 1.807) is 12.1 Å². The highest BCUT2D eigenvalue weighted by Crippen LogP contribution is 2.29. The average Bonchev–Trinajstić information content (AvgIpc) is 2.83. The standard InChI is InChI=1S/C17H24N2O3S.ClH/c1-12(14-3-2-7-18-11-14)9-17(20)19-15-5-4-13-6-8-23(21,22)16(13)10-15;/h4-5,10,12,14,18H,2-3,6-9,11H2,1H3,(H,19,20);1H. The van der Waals surface area contributed by atoms with Crippen molar-refractivity contribution < 1.29 is 13.2 Å². The molecule has 2 unspecified atom stereocenters. The van der Waals surface area contributed by atoms with Crippen LogP contribution < -0.4 is 10.6 Å². The molecule has 2 N–H and O–H groups in total. The minimum atomic E-state index is -3.16. The van der Waals surface area contributed by atoms with Crippen molar-refractivity contribution in [1.29, 1.82) is 0 Å². The molecule has 3 rings (SSSR count). The van der Waals surface area contributed by atoms with Gasteiger partial charge in [-0.15, -0.1) is 12.4 Å². The van der Waals surface area contributed by atoms with Crippen LogP contribution in [0.25, 0.3) is 0 Å². The van der Waals surface area contributed by atoms with Gasteiger partial charge in [-0.3, -0.25) is 4.79 Å². The molecule has 0 bridgehead atoms. The van der Waals surface area contributed by atoms with Gasteiger partial charge in [-0.2, -0.15) is 0 Å². The van der Waals surface area contributed by atoms with Crippen molar-refractivity contribution in [2.45, 2.75) is 37.5 Å². The van der Waals surface area contributed by atoms with Crippen LogP contribution in [0.15, 0.2) is 23.1 Å². The van der Waals surface area contributed by atoms with Gasteiger partial charge in [0.1, 0.15) is 0 Å². The van der Waals surface area contributed by atoms with Crippen molar-refractivity contribution in [3.8, 4) is 0 Å². The molecule has 2 atom stereocenters. The molecule has 24 heavy (non-hydrogen) atoms. The molecule has 0 aromatic heterocycles. The molecule has 1 amide bonds. The molecule has 0 aliphatic carbocycles. The van der Waals surface area contributed by atoms with Crippen LogP contribution in [-0.4, -0.2) is 33.2 Å². The Hall–Kier alpha value is -1.11. The molecule has 134 valence electrons. The smallest absolute Gasteiger partial charge is 0.224 e. The van der Waals surface area contributed by atoms with Gasteiger partial charge in [0.05, 0.1) is 10.6 Å². The first-order valence-electron chi connectivity index (χ1n) is 8.32. The first-order chi connectivity index (χ1) is 11.0. The van der Waals surface area contributed by atoms with Crippen LogP contribution >= 0.6 is 12.4 Å². The largest absolute Gasteiger partial charge is 0.326 e. The summed E-state index contributed by atoms with van der Waals surface area (Å²) in [4.78, 5) is 12.6. The van der Waals surface area contributed by atoms with E-state index >= 15 is 0 Å². The first kappa shape index (κ1) is 19.2. The number of halogens is 1. The van der Waals surface area contributed by atoms with Crippen molar-refractivity contribution >= 4 is 33.8 Å². The first-order valence-corrected chi connectivity index (χ1v) is 9.97. The number of fused-ring (bicyclic) bond motifs is 1. The van der Waals surface area contributed by atoms with Gasteiger partial charge in [0.15, 0.2) is 9.84 Å². The zero-order valence-electron chi connectivity index (χ0n) is 13.9. The van der Waals surface area contributed by atoms with Gasteiger partial charge in [0.2, 0.25) is 5.91 Å². The molecule has 1 fully saturated rings. The summed E-state index contributed by atoms with van der Waals surface area (Å²) < 4.78 is 23.9. The Kier molecular flexibility index (Phi) is 6.28. The van der Waals surface area contributed by atoms with Gasteiger partial charge in [-0.1, -0.05) is 13.0 Å². The second-order valence-electron chi connectivity index (χ2n) is 6.73. The SMILES string of the molecule is CC(CC(=O)Nc1ccc2c(c1)S(=O)(=O)CC2)C1CCCNC1.Cl. The predicted molar refractivity (Wildman–Crippen MR) is 97.5 cm³/mol. The number of benzene rings is 1. The van der Waals surface area contributed by atoms with Crippen molar-refractivity contribution in [1.82, 2.24) is 5.32 Å². The quantitative estimate of drug-likeness (QED) is 0.851. The molecule has 1 saturated heterocycles. The summed E-state index contributed by atoms with van der Waals surface area (Å²) in [6, 6.07) is 5.21. The van der Waals surface area contributed by atoms with E-state index in [0.717, 1.165) is 18.7 Å². The third-order valence-electron chi connectivity index (χ3n) is 4.97. The van der Waals surface area contributed by atoms with Crippen LogP contribution in [0, 0.1) is 11.8 Å². The minimum Gasteiger partial charge on any atom is -0.326 e. The van der Waals surface area contributed by atoms with E-state index in [1.807, 2.05) is 6.07 Å². The Morgan fingerprint density at radius 1 is 1.42 bits per heavy atom. The highest BCUT2D eigenvalue weighted by Gasteiger charge is 2.27. The fourth-order valence-corrected chi connectivity index (χ4v) is 5.10. The van der Waals surface area contributed by atoms with E-state index in [0.29, 0.717) is 35.3 Å². The Morgan fingerprint density at radius 2 is 2.21 bits per heavy atom. The number of aryl methyl sites for hydroxylation is 1. The van der Waals surface area contributed by atoms with Gasteiger partial charge < -0.3 is 10.6 Å². The average molecular weight is 373 g/mol. The lowest BCUT2D eigenvalue weighted by atomic mass is 9.85. The lowest BCUT2D eigenvalue weighted by Crippen LogP contribution is -2.34. The highest BCUT2D eigenvalue weighted by atomic mass is 35.5. The Bertz CT molecular complexity index is 700. The van der Waals surface area contributed by atoms with Crippen molar-refractivity contribution in [2.75, 3.05) is 24.2 Å². The summed E-state index contributed by atoms with van der Waals surface area (Å²) in [6.07, 6.45) is 3.37. The number of piperidine rings is 1. The topological polar surface area (TPSA) is 75.3 Å². The van der Waals surface area contributed by atoms with E-state index in [-0.39, 0.29) is 24.1 Å². The number of hydrogen-bond acceptors (Lipinski definition) is 4. The fourth-order valence-electron chi connectivity index (χ4n) is 3.52. The Balaban J connectivity index is 0.00000208. The number of rotatable bonds is 4. The zero-order valence-corrected chi connectivity index (χ0v) is 15.5. The van der Waals surface area contributed by atoms with Gasteiger partial charge in [0, 0.05) is 12.1 Å². The van der Waals surface area contributed by atoms with Crippen molar-refractivity contribution in [3.63, 3.8) is 0 Å². The molecule has 0 spiro atoms. The maximum atomic E-state index is 12.2. The number of nitrogens with one attached hydrogen (secondary N) is 2. The molecule has 1 aromatic carbocycles. The van der Waals surface area contributed by atoms with Gasteiger partial charge in [0.25, 0.3) is 0 Å². The van der Waals surface area contributed by atoms with Crippen LogP contribution in [-0.2, 0) is 21.1 Å². The van der Waals surface area contributed by atoms with E-state index in [9.17, 15) is 13.2 Å². The molecular weight excluding hydrogens is 348 g/mol. The zero-order chi connectivity index (χ0) is 16.4. The van der Waals surface area contributed by atoms with Crippen LogP contribution in [0.5, 0.6) is 0 Å². The van der Waals surface area contributed by atoms with E-state index in [4.69, 9.17) is 0 Å². The maximum absolute atomic E-state index is 12.2. The lowest BCUT2D eigenvalue weighted by Gasteiger charge is -2.28. The normalized spacial score (nSPS) is 23.0. The van der Waals surface area contributed by atoms with Crippen molar-refractivity contribution in [3.05, 3.63) is 23.8 Å². The summed E-state index contributed by atoms with van der Waals surface area (Å²) in [7, 11) is -3.16. The summed E-state index contributed by atoms with van der Waals surface area (Å²) in [5, 5.41) is 6.23. The summed E-state index contributed by atoms with van der Waals surface area (Å²) in [5.41, 5.74) is 1.43. The van der Waals surface area contributed by atoms with Crippen LogP contribution in [0.4, 0.5) is 5.69 Å². The molecule has 0 radical (unpaired) electrons. The van der Waals surface area contributed by atoms with Crippen molar-refractivity contribution in [2.24, 2.45) is 11.8 Å². The number of anilines is 1. The summed E-state index contributed by atoms with van der Waals surface area (Å²) in [6.45, 7) is 4.16. The van der Waals surface area contributed by atoms with Gasteiger partial charge in [-0.25, -0.2) is 8.42 Å². The molecular formula is C17H25ClN2O3S. The van der Waals surface area contributed by atoms with E-state index < -0.39 is 9.84 Å². The third kappa shape index (κ3) is 4.29. The lowest BCUT2D eigenvalue weighted by molar-refractivity contribution is -0.117. The fraction of sp³-hybridized carbons (Fsp3) is 0.588. The third-order valence-corrected chi connectivity index (χ3v) is 6.76. The number of hydrogen-bond donors (Lipinski definition) is 2. The number of carbonyl (C=O) groups is 1. The molecule has 2 aliphatic heterocycles. The molecule has 2 heterocycles. The van der Waals surface area contributed by atoms with E-state index in [1.165, 1.54) is 12.8 Å². The molecule has 0 saturated carbocycles. The predicted octanol–water partition coefficient (Wildman–Crippen LogP) is 2.40. The van der Waals surface area contributed by atoms with Gasteiger partial charge in [-0.05, 0) is 61.9 Å². The molecule has 1 aromatic rings.